The van der Waals surface area contributed by atoms with Gasteiger partial charge in [-0.25, -0.2) is 18.6 Å². The van der Waals surface area contributed by atoms with E-state index in [1.165, 1.54) is 36.4 Å². The number of benzene rings is 3. The van der Waals surface area contributed by atoms with Crippen molar-refractivity contribution in [3.63, 3.8) is 0 Å². The molecule has 0 heterocycles. The van der Waals surface area contributed by atoms with Gasteiger partial charge in [-0.05, 0) is 67.9 Å². The molecule has 0 unspecified atom stereocenters. The van der Waals surface area contributed by atoms with E-state index in [1.54, 1.807) is 31.2 Å². The van der Waals surface area contributed by atoms with Crippen molar-refractivity contribution in [3.05, 3.63) is 95.1 Å². The molecule has 3 rings (SSSR count). The Morgan fingerprint density at radius 3 is 1.91 bits per heavy atom. The number of rotatable bonds is 7. The quantitative estimate of drug-likeness (QED) is 0.374. The number of amides is 1. The van der Waals surface area contributed by atoms with Crippen LogP contribution in [0.2, 0.25) is 0 Å². The number of sulfonamides is 1. The standard InChI is InChI=1S/C23H21N3O5S/c1-15-3-5-18(6-4-15)22(27)25-24-16(2)17-9-13-21(14-10-17)32(30,31)26-20-11-7-19(8-12-20)23(28)29/h3-14,26H,1-2H3,(H,25,27)(H,28,29)/b24-16+. The first-order chi connectivity index (χ1) is 15.2. The molecule has 0 aliphatic carbocycles. The second kappa shape index (κ2) is 9.44. The summed E-state index contributed by atoms with van der Waals surface area (Å²) in [6.07, 6.45) is 0. The summed E-state index contributed by atoms with van der Waals surface area (Å²) >= 11 is 0. The lowest BCUT2D eigenvalue weighted by molar-refractivity contribution is 0.0696. The average Bonchev–Trinajstić information content (AvgIpc) is 2.78. The molecule has 0 fully saturated rings. The molecule has 0 aliphatic heterocycles. The first-order valence-electron chi connectivity index (χ1n) is 9.53. The van der Waals surface area contributed by atoms with E-state index in [0.29, 0.717) is 16.8 Å². The molecule has 0 aromatic heterocycles. The second-order valence-corrected chi connectivity index (χ2v) is 8.70. The minimum Gasteiger partial charge on any atom is -0.478 e. The van der Waals surface area contributed by atoms with Crippen LogP contribution < -0.4 is 10.1 Å². The van der Waals surface area contributed by atoms with E-state index in [4.69, 9.17) is 5.11 Å². The molecule has 3 aromatic carbocycles. The van der Waals surface area contributed by atoms with Crippen LogP contribution in [0.15, 0.2) is 82.8 Å². The van der Waals surface area contributed by atoms with Crippen LogP contribution >= 0.6 is 0 Å². The maximum absolute atomic E-state index is 12.6. The number of aryl methyl sites for hydroxylation is 1. The average molecular weight is 452 g/mol. The number of hydrazone groups is 1. The number of nitrogens with one attached hydrogen (secondary N) is 2. The van der Waals surface area contributed by atoms with Crippen molar-refractivity contribution in [1.82, 2.24) is 5.43 Å². The minimum atomic E-state index is -3.86. The number of hydrogen-bond donors (Lipinski definition) is 3. The van der Waals surface area contributed by atoms with Crippen molar-refractivity contribution in [2.75, 3.05) is 4.72 Å². The van der Waals surface area contributed by atoms with E-state index in [0.717, 1.165) is 5.56 Å². The predicted molar refractivity (Wildman–Crippen MR) is 122 cm³/mol. The Kier molecular flexibility index (Phi) is 6.70. The molecular formula is C23H21N3O5S. The van der Waals surface area contributed by atoms with E-state index in [2.05, 4.69) is 15.2 Å². The molecule has 3 aromatic rings. The molecular weight excluding hydrogens is 430 g/mol. The van der Waals surface area contributed by atoms with Crippen LogP contribution in [0.3, 0.4) is 0 Å². The zero-order valence-electron chi connectivity index (χ0n) is 17.4. The largest absolute Gasteiger partial charge is 0.478 e. The Morgan fingerprint density at radius 2 is 1.34 bits per heavy atom. The van der Waals surface area contributed by atoms with Gasteiger partial charge in [-0.15, -0.1) is 0 Å². The summed E-state index contributed by atoms with van der Waals surface area (Å²) in [6.45, 7) is 3.62. The Hall–Kier alpha value is -3.98. The van der Waals surface area contributed by atoms with Gasteiger partial charge < -0.3 is 5.11 Å². The molecule has 0 aliphatic rings. The molecule has 0 radical (unpaired) electrons. The first-order valence-corrected chi connectivity index (χ1v) is 11.0. The summed E-state index contributed by atoms with van der Waals surface area (Å²) in [7, 11) is -3.86. The highest BCUT2D eigenvalue weighted by molar-refractivity contribution is 7.92. The Labute approximate surface area is 185 Å². The third-order valence-electron chi connectivity index (χ3n) is 4.61. The van der Waals surface area contributed by atoms with E-state index >= 15 is 0 Å². The van der Waals surface area contributed by atoms with Crippen LogP contribution in [0.1, 0.15) is 38.8 Å². The van der Waals surface area contributed by atoms with E-state index < -0.39 is 16.0 Å². The number of aromatic carboxylic acids is 1. The minimum absolute atomic E-state index is 0.0278. The Bertz CT molecular complexity index is 1260. The number of carboxylic acid groups (broad SMARTS) is 1. The molecule has 164 valence electrons. The molecule has 8 nitrogen and oxygen atoms in total. The summed E-state index contributed by atoms with van der Waals surface area (Å²) in [5.74, 6) is -1.44. The van der Waals surface area contributed by atoms with Gasteiger partial charge in [0, 0.05) is 11.3 Å². The van der Waals surface area contributed by atoms with E-state index in [-0.39, 0.29) is 22.1 Å². The highest BCUT2D eigenvalue weighted by atomic mass is 32.2. The van der Waals surface area contributed by atoms with Crippen molar-refractivity contribution in [2.24, 2.45) is 5.10 Å². The highest BCUT2D eigenvalue weighted by Crippen LogP contribution is 2.18. The summed E-state index contributed by atoms with van der Waals surface area (Å²) in [4.78, 5) is 23.1. The summed E-state index contributed by atoms with van der Waals surface area (Å²) in [5, 5.41) is 13.0. The molecule has 0 spiro atoms. The predicted octanol–water partition coefficient (Wildman–Crippen LogP) is 3.65. The fraction of sp³-hybridized carbons (Fsp3) is 0.0870. The fourth-order valence-corrected chi connectivity index (χ4v) is 3.80. The number of nitrogens with zero attached hydrogens (tertiary/aromatic N) is 1. The SMILES string of the molecule is C/C(=N\NC(=O)c1ccc(C)cc1)c1ccc(S(=O)(=O)Nc2ccc(C(=O)O)cc2)cc1. The lowest BCUT2D eigenvalue weighted by atomic mass is 10.1. The van der Waals surface area contributed by atoms with Crippen LogP contribution in [0.5, 0.6) is 0 Å². The molecule has 3 N–H and O–H groups in total. The molecule has 0 saturated carbocycles. The van der Waals surface area contributed by atoms with Gasteiger partial charge in [0.15, 0.2) is 0 Å². The normalized spacial score (nSPS) is 11.6. The number of hydrogen-bond acceptors (Lipinski definition) is 5. The topological polar surface area (TPSA) is 125 Å². The number of carbonyl (C=O) groups is 2. The third-order valence-corrected chi connectivity index (χ3v) is 6.00. The smallest absolute Gasteiger partial charge is 0.335 e. The van der Waals surface area contributed by atoms with Crippen molar-refractivity contribution < 1.29 is 23.1 Å². The van der Waals surface area contributed by atoms with Crippen LogP contribution in [0.4, 0.5) is 5.69 Å². The number of carbonyl (C=O) groups excluding carboxylic acids is 1. The molecule has 0 saturated heterocycles. The van der Waals surface area contributed by atoms with Crippen molar-refractivity contribution in [1.29, 1.82) is 0 Å². The number of carboxylic acids is 1. The highest BCUT2D eigenvalue weighted by Gasteiger charge is 2.15. The first kappa shape index (κ1) is 22.7. The van der Waals surface area contributed by atoms with Crippen LogP contribution in [-0.4, -0.2) is 31.1 Å². The van der Waals surface area contributed by atoms with E-state index in [9.17, 15) is 18.0 Å². The zero-order chi connectivity index (χ0) is 23.3. The fourth-order valence-electron chi connectivity index (χ4n) is 2.74. The van der Waals surface area contributed by atoms with Crippen LogP contribution in [0.25, 0.3) is 0 Å². The van der Waals surface area contributed by atoms with Gasteiger partial charge in [-0.1, -0.05) is 29.8 Å². The molecule has 1 amide bonds. The van der Waals surface area contributed by atoms with Crippen molar-refractivity contribution >= 4 is 33.3 Å². The second-order valence-electron chi connectivity index (χ2n) is 7.02. The van der Waals surface area contributed by atoms with Crippen molar-refractivity contribution in [2.45, 2.75) is 18.7 Å². The summed E-state index contributed by atoms with van der Waals surface area (Å²) < 4.78 is 27.6. The van der Waals surface area contributed by atoms with Crippen LogP contribution in [-0.2, 0) is 10.0 Å². The molecule has 9 heteroatoms. The molecule has 32 heavy (non-hydrogen) atoms. The summed E-state index contributed by atoms with van der Waals surface area (Å²) in [6, 6.07) is 18.5. The summed E-state index contributed by atoms with van der Waals surface area (Å²) in [5.41, 5.74) is 5.46. The van der Waals surface area contributed by atoms with Gasteiger partial charge in [0.1, 0.15) is 0 Å². The van der Waals surface area contributed by atoms with E-state index in [1.807, 2.05) is 19.1 Å². The lowest BCUT2D eigenvalue weighted by Crippen LogP contribution is -2.19. The van der Waals surface area contributed by atoms with Gasteiger partial charge >= 0.3 is 5.97 Å². The van der Waals surface area contributed by atoms with Gasteiger partial charge in [-0.3, -0.25) is 9.52 Å². The number of anilines is 1. The maximum atomic E-state index is 12.6. The zero-order valence-corrected chi connectivity index (χ0v) is 18.2. The van der Waals surface area contributed by atoms with Gasteiger partial charge in [-0.2, -0.15) is 5.10 Å². The maximum Gasteiger partial charge on any atom is 0.335 e. The Balaban J connectivity index is 1.68. The van der Waals surface area contributed by atoms with Gasteiger partial charge in [0.2, 0.25) is 0 Å². The van der Waals surface area contributed by atoms with Crippen molar-refractivity contribution in [3.8, 4) is 0 Å². The molecule has 0 atom stereocenters. The Morgan fingerprint density at radius 1 is 0.812 bits per heavy atom. The van der Waals surface area contributed by atoms with Crippen LogP contribution in [0, 0.1) is 6.92 Å². The molecule has 0 bridgehead atoms. The van der Waals surface area contributed by atoms with Gasteiger partial charge in [0.05, 0.1) is 16.2 Å². The monoisotopic (exact) mass is 451 g/mol. The lowest BCUT2D eigenvalue weighted by Gasteiger charge is -2.09. The van der Waals surface area contributed by atoms with Gasteiger partial charge in [0.25, 0.3) is 15.9 Å². The third kappa shape index (κ3) is 5.58.